The maximum atomic E-state index is 6.01. The Morgan fingerprint density at radius 3 is 3.00 bits per heavy atom. The molecule has 86 valence electrons. The summed E-state index contributed by atoms with van der Waals surface area (Å²) in [6, 6.07) is 5.98. The van der Waals surface area contributed by atoms with Gasteiger partial charge < -0.3 is 9.47 Å². The molecule has 17 heavy (non-hydrogen) atoms. The molecule has 6 heteroatoms. The highest BCUT2D eigenvalue weighted by Crippen LogP contribution is 2.41. The second-order valence-corrected chi connectivity index (χ2v) is 4.47. The fourth-order valence-electron chi connectivity index (χ4n) is 2.24. The highest BCUT2D eigenvalue weighted by atomic mass is 16.6. The smallest absolute Gasteiger partial charge is 0.216 e. The van der Waals surface area contributed by atoms with Crippen LogP contribution in [-0.2, 0) is 10.3 Å². The first-order valence-corrected chi connectivity index (χ1v) is 5.45. The van der Waals surface area contributed by atoms with E-state index in [9.17, 15) is 0 Å². The molecule has 1 aromatic carbocycles. The molecule has 0 saturated carbocycles. The summed E-state index contributed by atoms with van der Waals surface area (Å²) < 4.78 is 13.0. The average molecular weight is 230 g/mol. The Balaban J connectivity index is 1.98. The third-order valence-corrected chi connectivity index (χ3v) is 3.20. The zero-order valence-electron chi connectivity index (χ0n) is 9.25. The SMILES string of the molecule is Cc1ccc2c(c1)-n1nnnc1C1(COC1)O2. The van der Waals surface area contributed by atoms with Crippen molar-refractivity contribution in [2.24, 2.45) is 0 Å². The number of fused-ring (bicyclic) bond motifs is 4. The van der Waals surface area contributed by atoms with Gasteiger partial charge in [-0.3, -0.25) is 0 Å². The molecule has 0 atom stereocenters. The van der Waals surface area contributed by atoms with Crippen LogP contribution in [0, 0.1) is 6.92 Å². The lowest BCUT2D eigenvalue weighted by molar-refractivity contribution is -0.176. The predicted molar refractivity (Wildman–Crippen MR) is 57.0 cm³/mol. The number of nitrogens with zero attached hydrogens (tertiary/aromatic N) is 4. The van der Waals surface area contributed by atoms with E-state index in [2.05, 4.69) is 15.5 Å². The van der Waals surface area contributed by atoms with Crippen LogP contribution >= 0.6 is 0 Å². The van der Waals surface area contributed by atoms with Crippen molar-refractivity contribution >= 4 is 0 Å². The van der Waals surface area contributed by atoms with Gasteiger partial charge in [0, 0.05) is 0 Å². The molecule has 0 amide bonds. The zero-order valence-corrected chi connectivity index (χ0v) is 9.25. The van der Waals surface area contributed by atoms with Crippen molar-refractivity contribution in [3.05, 3.63) is 29.6 Å². The molecule has 2 aromatic rings. The van der Waals surface area contributed by atoms with Crippen molar-refractivity contribution in [2.75, 3.05) is 13.2 Å². The summed E-state index contributed by atoms with van der Waals surface area (Å²) in [5, 5.41) is 11.8. The van der Waals surface area contributed by atoms with Gasteiger partial charge in [-0.2, -0.15) is 4.68 Å². The van der Waals surface area contributed by atoms with E-state index >= 15 is 0 Å². The monoisotopic (exact) mass is 230 g/mol. The Hall–Kier alpha value is -1.95. The summed E-state index contributed by atoms with van der Waals surface area (Å²) >= 11 is 0. The van der Waals surface area contributed by atoms with Crippen LogP contribution < -0.4 is 4.74 Å². The van der Waals surface area contributed by atoms with Gasteiger partial charge in [-0.15, -0.1) is 5.10 Å². The molecule has 1 aromatic heterocycles. The number of rotatable bonds is 0. The van der Waals surface area contributed by atoms with Gasteiger partial charge in [-0.25, -0.2) is 0 Å². The highest BCUT2D eigenvalue weighted by molar-refractivity contribution is 5.51. The number of benzene rings is 1. The summed E-state index contributed by atoms with van der Waals surface area (Å²) in [7, 11) is 0. The molecule has 3 heterocycles. The van der Waals surface area contributed by atoms with Crippen LogP contribution in [0.5, 0.6) is 5.75 Å². The van der Waals surface area contributed by atoms with Gasteiger partial charge in [0.15, 0.2) is 0 Å². The maximum Gasteiger partial charge on any atom is 0.216 e. The molecule has 6 nitrogen and oxygen atoms in total. The van der Waals surface area contributed by atoms with Crippen molar-refractivity contribution in [3.8, 4) is 11.4 Å². The van der Waals surface area contributed by atoms with E-state index in [4.69, 9.17) is 9.47 Å². The Morgan fingerprint density at radius 2 is 2.24 bits per heavy atom. The lowest BCUT2D eigenvalue weighted by Crippen LogP contribution is -2.54. The van der Waals surface area contributed by atoms with Crippen LogP contribution in [0.4, 0.5) is 0 Å². The van der Waals surface area contributed by atoms with Gasteiger partial charge in [0.05, 0.1) is 13.2 Å². The molecule has 1 saturated heterocycles. The lowest BCUT2D eigenvalue weighted by Gasteiger charge is -2.42. The number of ether oxygens (including phenoxy) is 2. The molecule has 0 radical (unpaired) electrons. The van der Waals surface area contributed by atoms with Gasteiger partial charge in [0.2, 0.25) is 11.4 Å². The van der Waals surface area contributed by atoms with Gasteiger partial charge in [0.1, 0.15) is 11.4 Å². The van der Waals surface area contributed by atoms with Crippen LogP contribution in [0.25, 0.3) is 5.69 Å². The minimum atomic E-state index is -0.494. The molecule has 2 aliphatic rings. The minimum Gasteiger partial charge on any atom is -0.472 e. The molecular formula is C11H10N4O2. The number of hydrogen-bond donors (Lipinski definition) is 0. The molecule has 0 aliphatic carbocycles. The second-order valence-electron chi connectivity index (χ2n) is 4.47. The number of aryl methyl sites for hydroxylation is 1. The van der Waals surface area contributed by atoms with Gasteiger partial charge in [0.25, 0.3) is 0 Å². The molecule has 0 bridgehead atoms. The van der Waals surface area contributed by atoms with Crippen molar-refractivity contribution in [3.63, 3.8) is 0 Å². The van der Waals surface area contributed by atoms with E-state index in [1.807, 2.05) is 25.1 Å². The van der Waals surface area contributed by atoms with Gasteiger partial charge in [-0.1, -0.05) is 6.07 Å². The van der Waals surface area contributed by atoms with Gasteiger partial charge in [-0.05, 0) is 35.0 Å². The van der Waals surface area contributed by atoms with E-state index in [1.165, 1.54) is 0 Å². The first-order valence-electron chi connectivity index (χ1n) is 5.45. The van der Waals surface area contributed by atoms with E-state index in [0.717, 1.165) is 22.8 Å². The summed E-state index contributed by atoms with van der Waals surface area (Å²) in [5.74, 6) is 1.53. The largest absolute Gasteiger partial charge is 0.472 e. The Morgan fingerprint density at radius 1 is 1.35 bits per heavy atom. The van der Waals surface area contributed by atoms with E-state index in [1.54, 1.807) is 4.68 Å². The molecule has 1 fully saturated rings. The predicted octanol–water partition coefficient (Wildman–Crippen LogP) is 0.589. The number of tetrazole rings is 1. The fraction of sp³-hybridized carbons (Fsp3) is 0.364. The standard InChI is InChI=1S/C11H10N4O2/c1-7-2-3-9-8(4-7)15-10(12-13-14-15)11(17-9)5-16-6-11/h2-4H,5-6H2,1H3. The third-order valence-electron chi connectivity index (χ3n) is 3.20. The first kappa shape index (κ1) is 9.12. The maximum absolute atomic E-state index is 6.01. The van der Waals surface area contributed by atoms with Crippen LogP contribution in [0.2, 0.25) is 0 Å². The molecular weight excluding hydrogens is 220 g/mol. The number of hydrogen-bond acceptors (Lipinski definition) is 5. The normalized spacial score (nSPS) is 19.1. The zero-order chi connectivity index (χ0) is 11.5. The minimum absolute atomic E-state index is 0.494. The van der Waals surface area contributed by atoms with Crippen molar-refractivity contribution in [1.82, 2.24) is 20.2 Å². The second kappa shape index (κ2) is 2.84. The molecule has 0 N–H and O–H groups in total. The first-order chi connectivity index (χ1) is 8.28. The number of aromatic nitrogens is 4. The van der Waals surface area contributed by atoms with Crippen LogP contribution in [0.3, 0.4) is 0 Å². The Labute approximate surface area is 97.1 Å². The average Bonchev–Trinajstić information content (AvgIpc) is 2.75. The van der Waals surface area contributed by atoms with Crippen molar-refractivity contribution in [2.45, 2.75) is 12.5 Å². The summed E-state index contributed by atoms with van der Waals surface area (Å²) in [4.78, 5) is 0. The third kappa shape index (κ3) is 1.05. The Bertz CT molecular complexity index is 603. The molecule has 0 unspecified atom stereocenters. The van der Waals surface area contributed by atoms with Crippen LogP contribution in [0.15, 0.2) is 18.2 Å². The molecule has 4 rings (SSSR count). The van der Waals surface area contributed by atoms with Crippen LogP contribution in [0.1, 0.15) is 11.4 Å². The van der Waals surface area contributed by atoms with E-state index in [0.29, 0.717) is 13.2 Å². The van der Waals surface area contributed by atoms with Crippen LogP contribution in [-0.4, -0.2) is 33.4 Å². The Kier molecular flexibility index (Phi) is 1.52. The summed E-state index contributed by atoms with van der Waals surface area (Å²) in [5.41, 5.74) is 1.54. The summed E-state index contributed by atoms with van der Waals surface area (Å²) in [6.07, 6.45) is 0. The van der Waals surface area contributed by atoms with E-state index in [-0.39, 0.29) is 0 Å². The van der Waals surface area contributed by atoms with Crippen molar-refractivity contribution in [1.29, 1.82) is 0 Å². The molecule has 1 spiro atoms. The topological polar surface area (TPSA) is 62.1 Å². The molecule has 2 aliphatic heterocycles. The highest BCUT2D eigenvalue weighted by Gasteiger charge is 2.50. The van der Waals surface area contributed by atoms with E-state index < -0.39 is 5.60 Å². The summed E-state index contributed by atoms with van der Waals surface area (Å²) in [6.45, 7) is 3.03. The lowest BCUT2D eigenvalue weighted by atomic mass is 9.98. The quantitative estimate of drug-likeness (QED) is 0.662. The van der Waals surface area contributed by atoms with Crippen molar-refractivity contribution < 1.29 is 9.47 Å². The van der Waals surface area contributed by atoms with Gasteiger partial charge >= 0.3 is 0 Å². The fourth-order valence-corrected chi connectivity index (χ4v) is 2.24.